The molecule has 1 aliphatic heterocycles. The standard InChI is InChI=1S/C32H22FN3O6S/c1-41-25-13-6-19(7-14-25)26-15-8-22(17-34)30(35-26)43-28-16-29(38)36(31(28)39)24-11-4-21(5-12-24)32(40)42-18-27(37)20-2-9-23(33)10-3-20/h2-15,28H,16,18H2,1H3. The van der Waals surface area contributed by atoms with Gasteiger partial charge in [-0.2, -0.15) is 5.26 Å². The number of halogens is 1. The number of hydrogen-bond donors (Lipinski definition) is 0. The Kier molecular flexibility index (Phi) is 8.59. The summed E-state index contributed by atoms with van der Waals surface area (Å²) in [6.45, 7) is -0.535. The molecule has 9 nitrogen and oxygen atoms in total. The molecule has 1 saturated heterocycles. The van der Waals surface area contributed by atoms with E-state index in [-0.39, 0.29) is 28.8 Å². The molecule has 0 saturated carbocycles. The number of benzene rings is 3. The number of aromatic nitrogens is 1. The number of nitriles is 1. The number of ether oxygens (including phenoxy) is 2. The Balaban J connectivity index is 1.25. The van der Waals surface area contributed by atoms with Crippen molar-refractivity contribution in [2.75, 3.05) is 18.6 Å². The smallest absolute Gasteiger partial charge is 0.338 e. The van der Waals surface area contributed by atoms with Crippen LogP contribution in [-0.2, 0) is 14.3 Å². The molecule has 1 aliphatic rings. The zero-order chi connectivity index (χ0) is 30.5. The number of carbonyl (C=O) groups excluding carboxylic acids is 4. The van der Waals surface area contributed by atoms with Crippen LogP contribution in [-0.4, -0.2) is 47.5 Å². The Hall–Kier alpha value is -5.34. The molecule has 0 aliphatic carbocycles. The lowest BCUT2D eigenvalue weighted by Gasteiger charge is -2.15. The van der Waals surface area contributed by atoms with Gasteiger partial charge in [0.1, 0.15) is 22.7 Å². The molecule has 0 bridgehead atoms. The van der Waals surface area contributed by atoms with Crippen molar-refractivity contribution in [1.82, 2.24) is 4.98 Å². The van der Waals surface area contributed by atoms with Crippen LogP contribution in [0, 0.1) is 17.1 Å². The molecule has 11 heteroatoms. The zero-order valence-corrected chi connectivity index (χ0v) is 23.5. The second-order valence-corrected chi connectivity index (χ2v) is 10.5. The van der Waals surface area contributed by atoms with Crippen molar-refractivity contribution in [3.8, 4) is 23.1 Å². The average Bonchev–Trinajstić information content (AvgIpc) is 3.31. The first-order valence-electron chi connectivity index (χ1n) is 12.9. The highest BCUT2D eigenvalue weighted by atomic mass is 32.2. The van der Waals surface area contributed by atoms with Gasteiger partial charge in [0, 0.05) is 17.5 Å². The van der Waals surface area contributed by atoms with Crippen LogP contribution < -0.4 is 9.64 Å². The summed E-state index contributed by atoms with van der Waals surface area (Å²) in [5.41, 5.74) is 2.24. The predicted molar refractivity (Wildman–Crippen MR) is 155 cm³/mol. The van der Waals surface area contributed by atoms with Crippen LogP contribution in [0.4, 0.5) is 10.1 Å². The number of pyridine rings is 1. The number of hydrogen-bond acceptors (Lipinski definition) is 9. The Morgan fingerprint density at radius 2 is 1.65 bits per heavy atom. The molecule has 2 heterocycles. The van der Waals surface area contributed by atoms with Crippen molar-refractivity contribution in [3.05, 3.63) is 107 Å². The Morgan fingerprint density at radius 1 is 0.977 bits per heavy atom. The number of rotatable bonds is 9. The minimum Gasteiger partial charge on any atom is -0.497 e. The number of anilines is 1. The summed E-state index contributed by atoms with van der Waals surface area (Å²) in [6, 6.07) is 23.2. The summed E-state index contributed by atoms with van der Waals surface area (Å²) < 4.78 is 23.3. The quantitative estimate of drug-likeness (QED) is 0.145. The van der Waals surface area contributed by atoms with Gasteiger partial charge in [-0.3, -0.25) is 14.4 Å². The van der Waals surface area contributed by atoms with Gasteiger partial charge in [-0.25, -0.2) is 19.1 Å². The van der Waals surface area contributed by atoms with Crippen molar-refractivity contribution in [3.63, 3.8) is 0 Å². The third kappa shape index (κ3) is 6.45. The zero-order valence-electron chi connectivity index (χ0n) is 22.7. The number of methoxy groups -OCH3 is 1. The average molecular weight is 596 g/mol. The number of Topliss-reactive ketones (excluding diaryl/α,β-unsaturated/α-hetero) is 1. The second-order valence-electron chi connectivity index (χ2n) is 9.32. The van der Waals surface area contributed by atoms with Gasteiger partial charge in [-0.1, -0.05) is 11.8 Å². The van der Waals surface area contributed by atoms with Gasteiger partial charge >= 0.3 is 5.97 Å². The van der Waals surface area contributed by atoms with Crippen molar-refractivity contribution >= 4 is 41.0 Å². The van der Waals surface area contributed by atoms with Crippen LogP contribution in [0.25, 0.3) is 11.3 Å². The van der Waals surface area contributed by atoms with E-state index in [1.807, 2.05) is 12.1 Å². The molecular formula is C32H22FN3O6S. The van der Waals surface area contributed by atoms with Crippen LogP contribution in [0.15, 0.2) is 90.0 Å². The fourth-order valence-electron chi connectivity index (χ4n) is 4.32. The van der Waals surface area contributed by atoms with Crippen LogP contribution in [0.1, 0.15) is 32.7 Å². The first kappa shape index (κ1) is 29.2. The number of esters is 1. The van der Waals surface area contributed by atoms with E-state index in [0.29, 0.717) is 16.5 Å². The van der Waals surface area contributed by atoms with Gasteiger partial charge in [0.05, 0.1) is 34.9 Å². The highest BCUT2D eigenvalue weighted by Gasteiger charge is 2.41. The van der Waals surface area contributed by atoms with Crippen molar-refractivity contribution in [2.24, 2.45) is 0 Å². The summed E-state index contributed by atoms with van der Waals surface area (Å²) in [4.78, 5) is 56.5. The summed E-state index contributed by atoms with van der Waals surface area (Å²) in [7, 11) is 1.57. The molecule has 4 aromatic rings. The first-order valence-corrected chi connectivity index (χ1v) is 13.8. The van der Waals surface area contributed by atoms with Crippen LogP contribution in [0.3, 0.4) is 0 Å². The first-order chi connectivity index (χ1) is 20.8. The van der Waals surface area contributed by atoms with E-state index in [9.17, 15) is 28.8 Å². The Labute approximate surface area is 249 Å². The largest absolute Gasteiger partial charge is 0.497 e. The summed E-state index contributed by atoms with van der Waals surface area (Å²) >= 11 is 1.05. The molecule has 43 heavy (non-hydrogen) atoms. The van der Waals surface area contributed by atoms with Crippen molar-refractivity contribution in [2.45, 2.75) is 16.7 Å². The van der Waals surface area contributed by atoms with Gasteiger partial charge in [0.2, 0.25) is 11.8 Å². The molecular weight excluding hydrogens is 573 g/mol. The van der Waals surface area contributed by atoms with E-state index < -0.39 is 41.2 Å². The molecule has 2 amide bonds. The van der Waals surface area contributed by atoms with Crippen LogP contribution in [0.5, 0.6) is 5.75 Å². The fraction of sp³-hybridized carbons (Fsp3) is 0.125. The highest BCUT2D eigenvalue weighted by Crippen LogP contribution is 2.36. The van der Waals surface area contributed by atoms with Gasteiger partial charge in [-0.05, 0) is 84.9 Å². The van der Waals surface area contributed by atoms with Gasteiger partial charge in [0.15, 0.2) is 12.4 Å². The number of amides is 2. The minimum absolute atomic E-state index is 0.0991. The fourth-order valence-corrected chi connectivity index (χ4v) is 5.41. The van der Waals surface area contributed by atoms with E-state index in [1.54, 1.807) is 31.4 Å². The molecule has 1 unspecified atom stereocenters. The highest BCUT2D eigenvalue weighted by molar-refractivity contribution is 8.00. The molecule has 0 spiro atoms. The lowest BCUT2D eigenvalue weighted by atomic mass is 10.1. The number of carbonyl (C=O) groups is 4. The molecule has 214 valence electrons. The minimum atomic E-state index is -0.805. The third-order valence-electron chi connectivity index (χ3n) is 6.59. The van der Waals surface area contributed by atoms with E-state index in [4.69, 9.17) is 9.47 Å². The molecule has 1 atom stereocenters. The molecule has 0 N–H and O–H groups in total. The summed E-state index contributed by atoms with van der Waals surface area (Å²) in [5.74, 6) is -1.99. The molecule has 1 aromatic heterocycles. The number of nitrogens with zero attached hydrogens (tertiary/aromatic N) is 3. The molecule has 1 fully saturated rings. The van der Waals surface area contributed by atoms with Gasteiger partial charge < -0.3 is 9.47 Å². The van der Waals surface area contributed by atoms with Gasteiger partial charge in [-0.15, -0.1) is 0 Å². The summed E-state index contributed by atoms with van der Waals surface area (Å²) in [6.07, 6.45) is -0.0991. The molecule has 5 rings (SSSR count). The van der Waals surface area contributed by atoms with Crippen molar-refractivity contribution < 1.29 is 33.0 Å². The van der Waals surface area contributed by atoms with E-state index in [0.717, 1.165) is 34.4 Å². The van der Waals surface area contributed by atoms with E-state index in [1.165, 1.54) is 36.4 Å². The number of thioether (sulfide) groups is 1. The van der Waals surface area contributed by atoms with Crippen molar-refractivity contribution in [1.29, 1.82) is 5.26 Å². The second kappa shape index (κ2) is 12.7. The lowest BCUT2D eigenvalue weighted by Crippen LogP contribution is -2.31. The maximum atomic E-state index is 13.3. The number of imide groups is 1. The van der Waals surface area contributed by atoms with E-state index in [2.05, 4.69) is 11.1 Å². The predicted octanol–water partition coefficient (Wildman–Crippen LogP) is 5.23. The van der Waals surface area contributed by atoms with Crippen LogP contribution in [0.2, 0.25) is 0 Å². The lowest BCUT2D eigenvalue weighted by molar-refractivity contribution is -0.121. The Morgan fingerprint density at radius 3 is 2.30 bits per heavy atom. The maximum absolute atomic E-state index is 13.3. The Bertz CT molecular complexity index is 1750. The maximum Gasteiger partial charge on any atom is 0.338 e. The SMILES string of the molecule is COc1ccc(-c2ccc(C#N)c(SC3CC(=O)N(c4ccc(C(=O)OCC(=O)c5ccc(F)cc5)cc4)C3=O)n2)cc1. The van der Waals surface area contributed by atoms with Crippen LogP contribution >= 0.6 is 11.8 Å². The van der Waals surface area contributed by atoms with E-state index >= 15 is 0 Å². The normalized spacial score (nSPS) is 14.3. The third-order valence-corrected chi connectivity index (χ3v) is 7.77. The monoisotopic (exact) mass is 595 g/mol. The molecule has 0 radical (unpaired) electrons. The van der Waals surface area contributed by atoms with Gasteiger partial charge in [0.25, 0.3) is 0 Å². The number of ketones is 1. The summed E-state index contributed by atoms with van der Waals surface area (Å²) in [5, 5.41) is 9.15. The molecule has 3 aromatic carbocycles. The topological polar surface area (TPSA) is 127 Å².